The van der Waals surface area contributed by atoms with Gasteiger partial charge in [-0.2, -0.15) is 0 Å². The Balaban J connectivity index is 1.46. The van der Waals surface area contributed by atoms with E-state index in [1.807, 2.05) is 4.90 Å². The number of imide groups is 1. The van der Waals surface area contributed by atoms with Crippen LogP contribution in [0.15, 0.2) is 53.4 Å². The van der Waals surface area contributed by atoms with Crippen LogP contribution in [0.1, 0.15) is 35.3 Å². The van der Waals surface area contributed by atoms with Gasteiger partial charge in [-0.05, 0) is 67.1 Å². The molecular weight excluding hydrogens is 441 g/mol. The molecule has 0 aliphatic carbocycles. The molecule has 2 aromatic carbocycles. The number of hydrogen-bond acceptors (Lipinski definition) is 5. The normalized spacial score (nSPS) is 18.6. The Morgan fingerprint density at radius 2 is 1.79 bits per heavy atom. The van der Waals surface area contributed by atoms with Gasteiger partial charge in [-0.25, -0.2) is 4.39 Å². The quantitative estimate of drug-likeness (QED) is 0.616. The first-order valence-electron chi connectivity index (χ1n) is 10.9. The van der Waals surface area contributed by atoms with Crippen LogP contribution in [-0.2, 0) is 11.3 Å². The van der Waals surface area contributed by atoms with Gasteiger partial charge in [0.25, 0.3) is 17.1 Å². The first-order valence-corrected chi connectivity index (χ1v) is 11.8. The van der Waals surface area contributed by atoms with Crippen molar-refractivity contribution in [1.82, 2.24) is 14.7 Å². The van der Waals surface area contributed by atoms with Crippen molar-refractivity contribution in [3.05, 3.63) is 75.9 Å². The predicted octanol–water partition coefficient (Wildman–Crippen LogP) is 4.23. The highest BCUT2D eigenvalue weighted by Gasteiger charge is 2.35. The van der Waals surface area contributed by atoms with Crippen molar-refractivity contribution in [3.8, 4) is 0 Å². The zero-order valence-electron chi connectivity index (χ0n) is 18.7. The molecule has 2 saturated heterocycles. The molecule has 2 aliphatic rings. The molecule has 0 bridgehead atoms. The van der Waals surface area contributed by atoms with Crippen LogP contribution in [-0.4, -0.2) is 64.0 Å². The molecule has 3 amide bonds. The molecule has 2 aliphatic heterocycles. The molecule has 172 valence electrons. The molecule has 0 unspecified atom stereocenters. The van der Waals surface area contributed by atoms with Gasteiger partial charge in [0.05, 0.1) is 11.4 Å². The van der Waals surface area contributed by atoms with Gasteiger partial charge in [0.1, 0.15) is 5.82 Å². The van der Waals surface area contributed by atoms with Crippen molar-refractivity contribution in [1.29, 1.82) is 0 Å². The molecule has 0 N–H and O–H groups in total. The van der Waals surface area contributed by atoms with Crippen LogP contribution in [0.3, 0.4) is 0 Å². The third kappa shape index (κ3) is 5.34. The fraction of sp³-hybridized carbons (Fsp3) is 0.320. The Kier molecular flexibility index (Phi) is 6.95. The minimum Gasteiger partial charge on any atom is -0.336 e. The summed E-state index contributed by atoms with van der Waals surface area (Å²) in [5.41, 5.74) is 1.78. The summed E-state index contributed by atoms with van der Waals surface area (Å²) < 4.78 is 13.5. The molecule has 0 saturated carbocycles. The molecule has 2 aromatic rings. The molecule has 0 atom stereocenters. The molecular formula is C25H26FN3O3S. The lowest BCUT2D eigenvalue weighted by atomic mass is 10.1. The topological polar surface area (TPSA) is 60.9 Å². The van der Waals surface area contributed by atoms with Crippen molar-refractivity contribution in [2.75, 3.05) is 26.2 Å². The van der Waals surface area contributed by atoms with E-state index in [1.165, 1.54) is 12.1 Å². The Morgan fingerprint density at radius 3 is 2.48 bits per heavy atom. The van der Waals surface area contributed by atoms with E-state index in [0.717, 1.165) is 29.8 Å². The zero-order valence-corrected chi connectivity index (χ0v) is 19.5. The van der Waals surface area contributed by atoms with Gasteiger partial charge >= 0.3 is 0 Å². The number of hydrogen-bond donors (Lipinski definition) is 0. The standard InChI is InChI=1S/C25H26FN3O3S/c1-17(2)27-9-11-28(12-10-27)23(30)20-7-3-5-18(13-20)15-22-24(31)29(25(32)33-22)16-19-6-4-8-21(26)14-19/h3-8,13-15,17H,9-12,16H2,1-2H3/b22-15-. The van der Waals surface area contributed by atoms with E-state index < -0.39 is 17.0 Å². The van der Waals surface area contributed by atoms with Crippen molar-refractivity contribution in [2.24, 2.45) is 0 Å². The summed E-state index contributed by atoms with van der Waals surface area (Å²) in [5, 5.41) is -0.397. The first-order chi connectivity index (χ1) is 15.8. The fourth-order valence-electron chi connectivity index (χ4n) is 3.99. The van der Waals surface area contributed by atoms with Crippen LogP contribution in [0.4, 0.5) is 9.18 Å². The number of rotatable bonds is 5. The van der Waals surface area contributed by atoms with Gasteiger partial charge in [-0.15, -0.1) is 0 Å². The van der Waals surface area contributed by atoms with Gasteiger partial charge < -0.3 is 4.90 Å². The number of carbonyl (C=O) groups excluding carboxylic acids is 3. The molecule has 0 radical (unpaired) electrons. The summed E-state index contributed by atoms with van der Waals surface area (Å²) in [6.45, 7) is 7.38. The number of benzene rings is 2. The third-order valence-corrected chi connectivity index (χ3v) is 6.77. The Morgan fingerprint density at radius 1 is 1.06 bits per heavy atom. The zero-order chi connectivity index (χ0) is 23.5. The van der Waals surface area contributed by atoms with Crippen LogP contribution in [0, 0.1) is 5.82 Å². The monoisotopic (exact) mass is 467 g/mol. The summed E-state index contributed by atoms with van der Waals surface area (Å²) in [5.74, 6) is -0.870. The van der Waals surface area contributed by atoms with E-state index in [9.17, 15) is 18.8 Å². The second kappa shape index (κ2) is 9.89. The van der Waals surface area contributed by atoms with Crippen LogP contribution in [0.5, 0.6) is 0 Å². The predicted molar refractivity (Wildman–Crippen MR) is 127 cm³/mol. The fourth-order valence-corrected chi connectivity index (χ4v) is 4.83. The summed E-state index contributed by atoms with van der Waals surface area (Å²) in [6.07, 6.45) is 1.63. The van der Waals surface area contributed by atoms with Gasteiger partial charge in [0.2, 0.25) is 0 Å². The van der Waals surface area contributed by atoms with Crippen LogP contribution in [0.2, 0.25) is 0 Å². The molecule has 6 nitrogen and oxygen atoms in total. The van der Waals surface area contributed by atoms with Crippen LogP contribution < -0.4 is 0 Å². The lowest BCUT2D eigenvalue weighted by Crippen LogP contribution is -2.50. The second-order valence-corrected chi connectivity index (χ2v) is 9.44. The van der Waals surface area contributed by atoms with Gasteiger partial charge in [-0.1, -0.05) is 24.3 Å². The highest BCUT2D eigenvalue weighted by molar-refractivity contribution is 8.18. The van der Waals surface area contributed by atoms with Crippen molar-refractivity contribution >= 4 is 34.9 Å². The van der Waals surface area contributed by atoms with Gasteiger partial charge in [0, 0.05) is 37.8 Å². The smallest absolute Gasteiger partial charge is 0.293 e. The largest absolute Gasteiger partial charge is 0.336 e. The first kappa shape index (κ1) is 23.2. The SMILES string of the molecule is CC(C)N1CCN(C(=O)c2cccc(/C=C3\SC(=O)N(Cc4cccc(F)c4)C3=O)c2)CC1. The second-order valence-electron chi connectivity index (χ2n) is 8.45. The number of piperazine rings is 1. The minimum atomic E-state index is -0.421. The highest BCUT2D eigenvalue weighted by atomic mass is 32.2. The molecule has 2 heterocycles. The molecule has 33 heavy (non-hydrogen) atoms. The summed E-state index contributed by atoms with van der Waals surface area (Å²) in [6, 6.07) is 13.4. The van der Waals surface area contributed by atoms with E-state index in [-0.39, 0.29) is 17.4 Å². The maximum absolute atomic E-state index is 13.5. The van der Waals surface area contributed by atoms with E-state index in [1.54, 1.807) is 42.5 Å². The van der Waals surface area contributed by atoms with E-state index in [2.05, 4.69) is 18.7 Å². The Bertz CT molecular complexity index is 1110. The van der Waals surface area contributed by atoms with Crippen molar-refractivity contribution < 1.29 is 18.8 Å². The van der Waals surface area contributed by atoms with Crippen LogP contribution >= 0.6 is 11.8 Å². The summed E-state index contributed by atoms with van der Waals surface area (Å²) in [7, 11) is 0. The number of nitrogens with zero attached hydrogens (tertiary/aromatic N) is 3. The minimum absolute atomic E-state index is 0.0145. The van der Waals surface area contributed by atoms with Crippen molar-refractivity contribution in [2.45, 2.75) is 26.4 Å². The number of amides is 3. The Hall–Kier alpha value is -2.97. The van der Waals surface area contributed by atoms with E-state index >= 15 is 0 Å². The maximum atomic E-state index is 13.5. The van der Waals surface area contributed by atoms with Crippen molar-refractivity contribution in [3.63, 3.8) is 0 Å². The lowest BCUT2D eigenvalue weighted by Gasteiger charge is -2.37. The molecule has 0 aromatic heterocycles. The molecule has 0 spiro atoms. The summed E-state index contributed by atoms with van der Waals surface area (Å²) in [4.78, 5) is 43.8. The third-order valence-electron chi connectivity index (χ3n) is 5.87. The molecule has 2 fully saturated rings. The van der Waals surface area contributed by atoms with Gasteiger partial charge in [-0.3, -0.25) is 24.2 Å². The van der Waals surface area contributed by atoms with E-state index in [4.69, 9.17) is 0 Å². The Labute approximate surface area is 197 Å². The number of thioether (sulfide) groups is 1. The maximum Gasteiger partial charge on any atom is 0.293 e. The average Bonchev–Trinajstić information content (AvgIpc) is 3.06. The van der Waals surface area contributed by atoms with Gasteiger partial charge in [0.15, 0.2) is 0 Å². The summed E-state index contributed by atoms with van der Waals surface area (Å²) >= 11 is 0.849. The molecule has 8 heteroatoms. The van der Waals surface area contributed by atoms with Crippen LogP contribution in [0.25, 0.3) is 6.08 Å². The number of halogens is 1. The van der Waals surface area contributed by atoms with E-state index in [0.29, 0.717) is 35.8 Å². The number of carbonyl (C=O) groups is 3. The highest BCUT2D eigenvalue weighted by Crippen LogP contribution is 2.33. The molecule has 4 rings (SSSR count). The average molecular weight is 468 g/mol. The lowest BCUT2D eigenvalue weighted by molar-refractivity contribution is -0.123.